The second kappa shape index (κ2) is 8.42. The number of nitro benzene ring substituents is 1. The number of carbonyl (C=O) groups excluding carboxylic acids is 1. The molecule has 1 aromatic rings. The van der Waals surface area contributed by atoms with Gasteiger partial charge in [0.2, 0.25) is 0 Å². The maximum absolute atomic E-state index is 11.0. The van der Waals surface area contributed by atoms with Gasteiger partial charge in [-0.25, -0.2) is 0 Å². The van der Waals surface area contributed by atoms with Crippen LogP contribution in [0.1, 0.15) is 18.9 Å². The fourth-order valence-electron chi connectivity index (χ4n) is 1.62. The minimum absolute atomic E-state index is 0.0789. The predicted molar refractivity (Wildman–Crippen MR) is 80.1 cm³/mol. The van der Waals surface area contributed by atoms with Crippen molar-refractivity contribution in [2.75, 3.05) is 24.7 Å². The lowest BCUT2D eigenvalue weighted by Gasteiger charge is -2.10. The van der Waals surface area contributed by atoms with Gasteiger partial charge >= 0.3 is 5.97 Å². The highest BCUT2D eigenvalue weighted by atomic mass is 32.2. The highest BCUT2D eigenvalue weighted by Gasteiger charge is 2.11. The van der Waals surface area contributed by atoms with Crippen LogP contribution in [0.5, 0.6) is 0 Å². The first-order chi connectivity index (χ1) is 9.58. The zero-order chi connectivity index (χ0) is 15.0. The van der Waals surface area contributed by atoms with Crippen molar-refractivity contribution in [3.05, 3.63) is 33.9 Å². The third-order valence-corrected chi connectivity index (χ3v) is 3.61. The Morgan fingerprint density at radius 3 is 2.85 bits per heavy atom. The lowest BCUT2D eigenvalue weighted by atomic mass is 10.2. The Hall–Kier alpha value is -1.76. The molecule has 6 nitrogen and oxygen atoms in total. The Bertz CT molecular complexity index is 479. The molecule has 0 aliphatic rings. The van der Waals surface area contributed by atoms with Crippen molar-refractivity contribution in [2.45, 2.75) is 19.1 Å². The number of esters is 1. The third-order valence-electron chi connectivity index (χ3n) is 2.60. The quantitative estimate of drug-likeness (QED) is 0.344. The highest BCUT2D eigenvalue weighted by Crippen LogP contribution is 2.26. The van der Waals surface area contributed by atoms with Crippen molar-refractivity contribution in [2.24, 2.45) is 0 Å². The van der Waals surface area contributed by atoms with Crippen molar-refractivity contribution in [3.63, 3.8) is 0 Å². The third kappa shape index (κ3) is 5.08. The molecule has 0 bridgehead atoms. The van der Waals surface area contributed by atoms with Gasteiger partial charge < -0.3 is 10.1 Å². The molecule has 0 radical (unpaired) electrons. The number of thioether (sulfide) groups is 1. The minimum atomic E-state index is -0.404. The molecule has 0 unspecified atom stereocenters. The van der Waals surface area contributed by atoms with Crippen molar-refractivity contribution in [1.29, 1.82) is 0 Å². The molecule has 0 saturated heterocycles. The smallest absolute Gasteiger partial charge is 0.306 e. The molecule has 0 fully saturated rings. The lowest BCUT2D eigenvalue weighted by Crippen LogP contribution is -2.03. The Kier molecular flexibility index (Phi) is 6.86. The van der Waals surface area contributed by atoms with Crippen LogP contribution in [0.2, 0.25) is 0 Å². The molecule has 0 spiro atoms. The number of ether oxygens (including phenoxy) is 1. The molecular formula is C13H18N2O4S. The molecule has 0 heterocycles. The van der Waals surface area contributed by atoms with E-state index in [-0.39, 0.29) is 11.7 Å². The zero-order valence-corrected chi connectivity index (χ0v) is 12.4. The molecule has 7 heteroatoms. The number of carbonyl (C=O) groups is 1. The summed E-state index contributed by atoms with van der Waals surface area (Å²) in [6, 6.07) is 4.78. The van der Waals surface area contributed by atoms with Gasteiger partial charge in [0.25, 0.3) is 5.69 Å². The summed E-state index contributed by atoms with van der Waals surface area (Å²) in [5.41, 5.74) is 1.84. The van der Waals surface area contributed by atoms with Crippen LogP contribution >= 0.6 is 11.8 Å². The van der Waals surface area contributed by atoms with E-state index in [2.05, 4.69) is 10.1 Å². The first kappa shape index (κ1) is 16.3. The van der Waals surface area contributed by atoms with Gasteiger partial charge in [0, 0.05) is 35.9 Å². The molecule has 20 heavy (non-hydrogen) atoms. The number of hydrogen-bond acceptors (Lipinski definition) is 6. The molecule has 110 valence electrons. The molecule has 0 atom stereocenters. The average molecular weight is 298 g/mol. The largest absolute Gasteiger partial charge is 0.469 e. The number of nitrogens with zero attached hydrogens (tertiary/aromatic N) is 1. The molecule has 1 rings (SSSR count). The zero-order valence-electron chi connectivity index (χ0n) is 11.5. The fourth-order valence-corrected chi connectivity index (χ4v) is 2.53. The molecule has 1 N–H and O–H groups in total. The second-order valence-electron chi connectivity index (χ2n) is 4.01. The van der Waals surface area contributed by atoms with E-state index < -0.39 is 4.92 Å². The van der Waals surface area contributed by atoms with Gasteiger partial charge in [-0.3, -0.25) is 14.9 Å². The molecule has 0 aliphatic carbocycles. The Balaban J connectivity index is 2.67. The summed E-state index contributed by atoms with van der Waals surface area (Å²) >= 11 is 1.55. The summed E-state index contributed by atoms with van der Waals surface area (Å²) in [5.74, 6) is 0.991. The summed E-state index contributed by atoms with van der Waals surface area (Å²) in [4.78, 5) is 21.4. The monoisotopic (exact) mass is 298 g/mol. The second-order valence-corrected chi connectivity index (χ2v) is 5.11. The Labute approximate surface area is 122 Å². The number of nitro groups is 1. The van der Waals surface area contributed by atoms with Gasteiger partial charge in [-0.2, -0.15) is 11.8 Å². The summed E-state index contributed by atoms with van der Waals surface area (Å²) < 4.78 is 4.56. The number of anilines is 1. The van der Waals surface area contributed by atoms with E-state index >= 15 is 0 Å². The number of benzene rings is 1. The van der Waals surface area contributed by atoms with Gasteiger partial charge in [-0.1, -0.05) is 0 Å². The van der Waals surface area contributed by atoms with Crippen LogP contribution in [-0.2, 0) is 15.3 Å². The average Bonchev–Trinajstić information content (AvgIpc) is 2.44. The van der Waals surface area contributed by atoms with E-state index in [1.165, 1.54) is 13.2 Å². The molecule has 0 aromatic heterocycles. The van der Waals surface area contributed by atoms with Crippen LogP contribution in [0, 0.1) is 10.1 Å². The van der Waals surface area contributed by atoms with E-state index in [1.807, 2.05) is 6.92 Å². The van der Waals surface area contributed by atoms with Gasteiger partial charge in [0.1, 0.15) is 0 Å². The minimum Gasteiger partial charge on any atom is -0.469 e. The summed E-state index contributed by atoms with van der Waals surface area (Å²) in [5, 5.41) is 14.0. The van der Waals surface area contributed by atoms with Crippen molar-refractivity contribution in [3.8, 4) is 0 Å². The summed E-state index contributed by atoms with van der Waals surface area (Å²) in [7, 11) is 1.36. The molecule has 0 saturated carbocycles. The van der Waals surface area contributed by atoms with E-state index in [9.17, 15) is 14.9 Å². The van der Waals surface area contributed by atoms with Gasteiger partial charge in [-0.05, 0) is 18.6 Å². The van der Waals surface area contributed by atoms with Crippen LogP contribution in [0.3, 0.4) is 0 Å². The van der Waals surface area contributed by atoms with E-state index in [1.54, 1.807) is 23.9 Å². The molecular weight excluding hydrogens is 280 g/mol. The van der Waals surface area contributed by atoms with Crippen LogP contribution in [0.4, 0.5) is 11.4 Å². The standard InChI is InChI=1S/C13H18N2O4S/c1-3-14-12-5-4-11(15(17)18)8-10(12)9-20-7-6-13(16)19-2/h4-5,8,14H,3,6-7,9H2,1-2H3. The maximum Gasteiger partial charge on any atom is 0.306 e. The van der Waals surface area contributed by atoms with E-state index in [0.29, 0.717) is 17.9 Å². The van der Waals surface area contributed by atoms with E-state index in [4.69, 9.17) is 0 Å². The Morgan fingerprint density at radius 1 is 1.50 bits per heavy atom. The SMILES string of the molecule is CCNc1ccc([N+](=O)[O-])cc1CSCCC(=O)OC. The van der Waals surface area contributed by atoms with Crippen molar-refractivity contribution >= 4 is 29.1 Å². The lowest BCUT2D eigenvalue weighted by molar-refractivity contribution is -0.384. The summed E-state index contributed by atoms with van der Waals surface area (Å²) in [6.07, 6.45) is 0.340. The van der Waals surface area contributed by atoms with Gasteiger partial charge in [0.05, 0.1) is 18.5 Å². The number of nitrogens with one attached hydrogen (secondary N) is 1. The highest BCUT2D eigenvalue weighted by molar-refractivity contribution is 7.98. The van der Waals surface area contributed by atoms with Gasteiger partial charge in [0.15, 0.2) is 0 Å². The molecule has 0 amide bonds. The maximum atomic E-state index is 11.0. The normalized spacial score (nSPS) is 10.1. The first-order valence-electron chi connectivity index (χ1n) is 6.24. The van der Waals surface area contributed by atoms with Crippen LogP contribution in [-0.4, -0.2) is 30.3 Å². The van der Waals surface area contributed by atoms with E-state index in [0.717, 1.165) is 17.8 Å². The fraction of sp³-hybridized carbons (Fsp3) is 0.462. The molecule has 1 aromatic carbocycles. The van der Waals surface area contributed by atoms with Gasteiger partial charge in [-0.15, -0.1) is 0 Å². The predicted octanol–water partition coefficient (Wildman–Crippen LogP) is 2.82. The Morgan fingerprint density at radius 2 is 2.25 bits per heavy atom. The van der Waals surface area contributed by atoms with Crippen LogP contribution < -0.4 is 5.32 Å². The summed E-state index contributed by atoms with van der Waals surface area (Å²) in [6.45, 7) is 2.72. The number of rotatable bonds is 8. The number of hydrogen-bond donors (Lipinski definition) is 1. The molecule has 0 aliphatic heterocycles. The van der Waals surface area contributed by atoms with Crippen molar-refractivity contribution < 1.29 is 14.5 Å². The number of methoxy groups -OCH3 is 1. The first-order valence-corrected chi connectivity index (χ1v) is 7.39. The number of non-ortho nitro benzene ring substituents is 1. The van der Waals surface area contributed by atoms with Crippen molar-refractivity contribution in [1.82, 2.24) is 0 Å². The van der Waals surface area contributed by atoms with Crippen LogP contribution in [0.25, 0.3) is 0 Å². The topological polar surface area (TPSA) is 81.5 Å². The van der Waals surface area contributed by atoms with Crippen LogP contribution in [0.15, 0.2) is 18.2 Å².